The molecule has 0 amide bonds. The van der Waals surface area contributed by atoms with E-state index in [0.29, 0.717) is 47.6 Å². The van der Waals surface area contributed by atoms with Gasteiger partial charge in [-0.1, -0.05) is 35.9 Å². The van der Waals surface area contributed by atoms with Crippen LogP contribution in [0.3, 0.4) is 0 Å². The second-order valence-electron chi connectivity index (χ2n) is 9.35. The average Bonchev–Trinajstić information content (AvgIpc) is 3.62. The third kappa shape index (κ3) is 4.97. The van der Waals surface area contributed by atoms with Crippen LogP contribution in [0.1, 0.15) is 36.0 Å². The van der Waals surface area contributed by atoms with E-state index in [2.05, 4.69) is 4.74 Å². The predicted molar refractivity (Wildman–Crippen MR) is 121 cm³/mol. The predicted octanol–water partition coefficient (Wildman–Crippen LogP) is 3.07. The fraction of sp³-hybridized carbons (Fsp3) is 0.520. The molecule has 11 heteroatoms. The molecule has 196 valence electrons. The van der Waals surface area contributed by atoms with Gasteiger partial charge in [-0.2, -0.15) is 13.7 Å². The number of halogens is 3. The van der Waals surface area contributed by atoms with E-state index in [4.69, 9.17) is 30.8 Å². The van der Waals surface area contributed by atoms with Gasteiger partial charge < -0.3 is 24.8 Å². The molecule has 3 N–H and O–H groups in total. The molecule has 0 radical (unpaired) electrons. The lowest BCUT2D eigenvalue weighted by molar-refractivity contribution is -0.437. The standard InChI is InChI=1S/C25H27ClF2O8/c26-19-8-3-16(24-13-25(36-35-24,34-23(27)28)22(31)20(29)21(24)30)12-15(19)11-14-1-4-17(5-2-14)32-9-10-33-18-6-7-18/h1-5,8,12,18,20-23,29-31H,6-7,9-11,13H2/t20-,21-,22+,24+,25+/m1/s1. The van der Waals surface area contributed by atoms with E-state index in [1.165, 1.54) is 0 Å². The third-order valence-corrected chi connectivity index (χ3v) is 7.16. The minimum absolute atomic E-state index is 0.329. The molecule has 36 heavy (non-hydrogen) atoms. The van der Waals surface area contributed by atoms with Crippen molar-refractivity contribution in [3.63, 3.8) is 0 Å². The first-order valence-corrected chi connectivity index (χ1v) is 12.1. The molecular formula is C25H27ClF2O8. The van der Waals surface area contributed by atoms with E-state index in [0.717, 1.165) is 18.4 Å². The molecule has 2 saturated carbocycles. The van der Waals surface area contributed by atoms with Crippen LogP contribution in [0.5, 0.6) is 5.75 Å². The molecule has 0 unspecified atom stereocenters. The molecular weight excluding hydrogens is 502 g/mol. The van der Waals surface area contributed by atoms with Gasteiger partial charge in [-0.25, -0.2) is 4.89 Å². The van der Waals surface area contributed by atoms with E-state index < -0.39 is 42.7 Å². The first-order chi connectivity index (χ1) is 17.2. The summed E-state index contributed by atoms with van der Waals surface area (Å²) < 4.78 is 41.9. The van der Waals surface area contributed by atoms with E-state index in [1.807, 2.05) is 24.3 Å². The highest BCUT2D eigenvalue weighted by atomic mass is 35.5. The topological polar surface area (TPSA) is 107 Å². The lowest BCUT2D eigenvalue weighted by atomic mass is 9.72. The van der Waals surface area contributed by atoms with Gasteiger partial charge in [0, 0.05) is 11.4 Å². The van der Waals surface area contributed by atoms with Gasteiger partial charge in [0.05, 0.1) is 12.7 Å². The molecule has 0 spiro atoms. The van der Waals surface area contributed by atoms with Gasteiger partial charge in [0.1, 0.15) is 30.7 Å². The molecule has 2 aliphatic carbocycles. The number of hydrogen-bond donors (Lipinski definition) is 3. The largest absolute Gasteiger partial charge is 0.491 e. The Labute approximate surface area is 211 Å². The fourth-order valence-electron chi connectivity index (χ4n) is 4.69. The lowest BCUT2D eigenvalue weighted by Crippen LogP contribution is -2.63. The Bertz CT molecular complexity index is 1070. The second-order valence-corrected chi connectivity index (χ2v) is 9.76. The van der Waals surface area contributed by atoms with E-state index in [-0.39, 0.29) is 0 Å². The van der Waals surface area contributed by atoms with Gasteiger partial charge in [-0.15, -0.1) is 0 Å². The summed E-state index contributed by atoms with van der Waals surface area (Å²) in [5.41, 5.74) is 0.161. The van der Waals surface area contributed by atoms with E-state index >= 15 is 0 Å². The Morgan fingerprint density at radius 1 is 1.00 bits per heavy atom. The highest BCUT2D eigenvalue weighted by Gasteiger charge is 2.69. The molecule has 2 bridgehead atoms. The van der Waals surface area contributed by atoms with Gasteiger partial charge >= 0.3 is 6.61 Å². The van der Waals surface area contributed by atoms with Crippen LogP contribution < -0.4 is 4.74 Å². The number of alkyl halides is 2. The van der Waals surface area contributed by atoms with Crippen LogP contribution in [0.2, 0.25) is 5.02 Å². The highest BCUT2D eigenvalue weighted by Crippen LogP contribution is 2.54. The normalized spacial score (nSPS) is 31.7. The van der Waals surface area contributed by atoms with Gasteiger partial charge in [0.25, 0.3) is 0 Å². The van der Waals surface area contributed by atoms with Gasteiger partial charge in [0.15, 0.2) is 5.60 Å². The van der Waals surface area contributed by atoms with Crippen LogP contribution in [-0.4, -0.2) is 65.3 Å². The second kappa shape index (κ2) is 10.1. The summed E-state index contributed by atoms with van der Waals surface area (Å²) in [7, 11) is 0. The van der Waals surface area contributed by atoms with Gasteiger partial charge in [-0.05, 0) is 54.2 Å². The molecule has 2 aromatic rings. The maximum Gasteiger partial charge on any atom is 0.347 e. The smallest absolute Gasteiger partial charge is 0.347 e. The zero-order valence-electron chi connectivity index (χ0n) is 19.2. The van der Waals surface area contributed by atoms with Crippen molar-refractivity contribution in [2.45, 2.75) is 68.1 Å². The van der Waals surface area contributed by atoms with Crippen molar-refractivity contribution in [2.75, 3.05) is 13.2 Å². The lowest BCUT2D eigenvalue weighted by Gasteiger charge is -2.43. The highest BCUT2D eigenvalue weighted by molar-refractivity contribution is 6.31. The Morgan fingerprint density at radius 3 is 2.44 bits per heavy atom. The monoisotopic (exact) mass is 528 g/mol. The van der Waals surface area contributed by atoms with Crippen LogP contribution in [0, 0.1) is 0 Å². The molecule has 1 aliphatic heterocycles. The first-order valence-electron chi connectivity index (χ1n) is 11.7. The molecule has 5 rings (SSSR count). The number of aliphatic hydroxyl groups excluding tert-OH is 3. The van der Waals surface area contributed by atoms with Crippen molar-refractivity contribution < 1.29 is 48.1 Å². The number of rotatable bonds is 10. The fourth-order valence-corrected chi connectivity index (χ4v) is 4.88. The molecule has 3 fully saturated rings. The number of hydrogen-bond acceptors (Lipinski definition) is 8. The summed E-state index contributed by atoms with van der Waals surface area (Å²) in [6.45, 7) is -2.29. The van der Waals surface area contributed by atoms with Crippen molar-refractivity contribution in [1.29, 1.82) is 0 Å². The molecule has 2 aromatic carbocycles. The summed E-state index contributed by atoms with van der Waals surface area (Å²) in [6, 6.07) is 12.2. The van der Waals surface area contributed by atoms with Gasteiger partial charge in [-0.3, -0.25) is 4.74 Å². The van der Waals surface area contributed by atoms with Crippen LogP contribution in [0.25, 0.3) is 0 Å². The Balaban J connectivity index is 1.32. The SMILES string of the molecule is O[C@@H]1[C@@H](O)[C@@]2(c3ccc(Cl)c(Cc4ccc(OCCOC5CC5)cc4)c3)C[C@](OC(F)F)(OO2)[C@H]1O. The zero-order chi connectivity index (χ0) is 25.5. The molecule has 1 saturated heterocycles. The third-order valence-electron chi connectivity index (χ3n) is 6.79. The molecule has 1 heterocycles. The Kier molecular flexibility index (Phi) is 7.23. The van der Waals surface area contributed by atoms with Gasteiger partial charge in [0.2, 0.25) is 5.79 Å². The molecule has 8 nitrogen and oxygen atoms in total. The average molecular weight is 529 g/mol. The van der Waals surface area contributed by atoms with Crippen LogP contribution >= 0.6 is 11.6 Å². The molecule has 0 aromatic heterocycles. The van der Waals surface area contributed by atoms with Crippen molar-refractivity contribution in [3.8, 4) is 5.75 Å². The number of benzene rings is 2. The van der Waals surface area contributed by atoms with E-state index in [1.54, 1.807) is 18.2 Å². The minimum Gasteiger partial charge on any atom is -0.491 e. The van der Waals surface area contributed by atoms with Crippen LogP contribution in [0.4, 0.5) is 8.78 Å². The first kappa shape index (κ1) is 25.7. The van der Waals surface area contributed by atoms with Crippen molar-refractivity contribution in [1.82, 2.24) is 0 Å². The van der Waals surface area contributed by atoms with Crippen molar-refractivity contribution in [2.24, 2.45) is 0 Å². The van der Waals surface area contributed by atoms with Crippen LogP contribution in [-0.2, 0) is 31.3 Å². The summed E-state index contributed by atoms with van der Waals surface area (Å²) >= 11 is 6.43. The maximum absolute atomic E-state index is 13.1. The quantitative estimate of drug-likeness (QED) is 0.319. The maximum atomic E-state index is 13.1. The van der Waals surface area contributed by atoms with Crippen molar-refractivity contribution in [3.05, 3.63) is 64.2 Å². The van der Waals surface area contributed by atoms with E-state index in [9.17, 15) is 24.1 Å². The molecule has 3 aliphatic rings. The summed E-state index contributed by atoms with van der Waals surface area (Å²) in [5, 5.41) is 31.9. The van der Waals surface area contributed by atoms with Crippen LogP contribution in [0.15, 0.2) is 42.5 Å². The van der Waals surface area contributed by atoms with Crippen molar-refractivity contribution >= 4 is 11.6 Å². The minimum atomic E-state index is -3.31. The number of ether oxygens (including phenoxy) is 3. The number of aliphatic hydroxyl groups is 3. The molecule has 5 atom stereocenters. The Hall–Kier alpha value is -1.89. The number of fused-ring (bicyclic) bond motifs is 2. The summed E-state index contributed by atoms with van der Waals surface area (Å²) in [5.74, 6) is -1.63. The summed E-state index contributed by atoms with van der Waals surface area (Å²) in [4.78, 5) is 10.4. The zero-order valence-corrected chi connectivity index (χ0v) is 19.9. The summed E-state index contributed by atoms with van der Waals surface area (Å²) in [6.07, 6.45) is -2.94. The Morgan fingerprint density at radius 2 is 1.75 bits per heavy atom.